The van der Waals surface area contributed by atoms with Crippen molar-refractivity contribution in [1.29, 1.82) is 0 Å². The Morgan fingerprint density at radius 1 is 1.00 bits per heavy atom. The number of rotatable bonds is 4. The maximum absolute atomic E-state index is 13.0. The zero-order valence-corrected chi connectivity index (χ0v) is 18.1. The van der Waals surface area contributed by atoms with E-state index in [2.05, 4.69) is 55.6 Å². The van der Waals surface area contributed by atoms with Crippen LogP contribution in [0.4, 0.5) is 4.79 Å². The van der Waals surface area contributed by atoms with Crippen molar-refractivity contribution in [3.05, 3.63) is 89.5 Å². The molecular weight excluding hydrogens is 392 g/mol. The van der Waals surface area contributed by atoms with Gasteiger partial charge in [-0.05, 0) is 49.2 Å². The summed E-state index contributed by atoms with van der Waals surface area (Å²) in [5.41, 5.74) is 3.66. The Balaban J connectivity index is 1.60. The summed E-state index contributed by atoms with van der Waals surface area (Å²) in [4.78, 5) is 17.2. The van der Waals surface area contributed by atoms with Gasteiger partial charge in [-0.15, -0.1) is 0 Å². The van der Waals surface area contributed by atoms with Gasteiger partial charge in [-0.2, -0.15) is 0 Å². The number of carbonyl (C=O) groups excluding carboxylic acids is 1. The molecule has 1 saturated heterocycles. The van der Waals surface area contributed by atoms with Crippen molar-refractivity contribution in [2.45, 2.75) is 29.7 Å². The molecule has 0 aromatic heterocycles. The number of amides is 1. The Morgan fingerprint density at radius 3 is 2.57 bits per heavy atom. The number of hydrogen-bond donors (Lipinski definition) is 1. The predicted octanol–water partition coefficient (Wildman–Crippen LogP) is 5.60. The molecule has 0 aliphatic carbocycles. The molecule has 1 fully saturated rings. The number of carbonyl (C=O) groups is 1. The van der Waals surface area contributed by atoms with Crippen LogP contribution in [0.5, 0.6) is 5.75 Å². The molecular formula is C25H26N2O2S. The van der Waals surface area contributed by atoms with Crippen LogP contribution in [0.1, 0.15) is 22.7 Å². The normalized spacial score (nSPS) is 16.3. The summed E-state index contributed by atoms with van der Waals surface area (Å²) >= 11 is 1.75. The first kappa shape index (κ1) is 20.5. The maximum atomic E-state index is 13.0. The Bertz CT molecular complexity index is 1020. The standard InChI is InChI=1S/C25H26N2O2S/c1-18-12-13-23(19(2)16-18)30-24-11-7-6-10-21(24)22-17-26-14-15-27(22)25(28)29-20-8-4-3-5-9-20/h3-13,16,22,26H,14-15,17H2,1-2H3. The van der Waals surface area contributed by atoms with E-state index < -0.39 is 0 Å². The van der Waals surface area contributed by atoms with E-state index in [0.29, 0.717) is 18.8 Å². The fourth-order valence-corrected chi connectivity index (χ4v) is 4.79. The highest BCUT2D eigenvalue weighted by Crippen LogP contribution is 2.37. The van der Waals surface area contributed by atoms with Crippen LogP contribution in [0.25, 0.3) is 0 Å². The molecule has 30 heavy (non-hydrogen) atoms. The summed E-state index contributed by atoms with van der Waals surface area (Å²) in [7, 11) is 0. The molecule has 1 atom stereocenters. The van der Waals surface area contributed by atoms with Gasteiger partial charge in [0.25, 0.3) is 0 Å². The second-order valence-electron chi connectivity index (χ2n) is 7.50. The number of piperazine rings is 1. The van der Waals surface area contributed by atoms with Crippen molar-refractivity contribution in [2.75, 3.05) is 19.6 Å². The monoisotopic (exact) mass is 418 g/mol. The van der Waals surface area contributed by atoms with Crippen LogP contribution in [0, 0.1) is 13.8 Å². The van der Waals surface area contributed by atoms with Gasteiger partial charge in [0.2, 0.25) is 0 Å². The van der Waals surface area contributed by atoms with Crippen molar-refractivity contribution < 1.29 is 9.53 Å². The molecule has 1 heterocycles. The molecule has 0 saturated carbocycles. The van der Waals surface area contributed by atoms with Crippen molar-refractivity contribution >= 4 is 17.9 Å². The molecule has 5 heteroatoms. The van der Waals surface area contributed by atoms with E-state index in [0.717, 1.165) is 17.0 Å². The molecule has 0 bridgehead atoms. The summed E-state index contributed by atoms with van der Waals surface area (Å²) in [6, 6.07) is 24.0. The molecule has 3 aromatic carbocycles. The van der Waals surface area contributed by atoms with Crippen LogP contribution in [0.3, 0.4) is 0 Å². The third kappa shape index (κ3) is 4.69. The average molecular weight is 419 g/mol. The van der Waals surface area contributed by atoms with Crippen molar-refractivity contribution in [1.82, 2.24) is 10.2 Å². The van der Waals surface area contributed by atoms with E-state index in [-0.39, 0.29) is 12.1 Å². The fraction of sp³-hybridized carbons (Fsp3) is 0.240. The van der Waals surface area contributed by atoms with E-state index in [4.69, 9.17) is 4.74 Å². The van der Waals surface area contributed by atoms with E-state index in [1.807, 2.05) is 29.2 Å². The Kier molecular flexibility index (Phi) is 6.41. The first-order valence-corrected chi connectivity index (χ1v) is 11.0. The second-order valence-corrected chi connectivity index (χ2v) is 8.59. The van der Waals surface area contributed by atoms with Crippen LogP contribution in [0.2, 0.25) is 0 Å². The van der Waals surface area contributed by atoms with Gasteiger partial charge in [0.15, 0.2) is 0 Å². The first-order chi connectivity index (χ1) is 14.6. The van der Waals surface area contributed by atoms with Crippen LogP contribution in [-0.4, -0.2) is 30.6 Å². The summed E-state index contributed by atoms with van der Waals surface area (Å²) in [6.45, 7) is 6.32. The lowest BCUT2D eigenvalue weighted by Gasteiger charge is -2.36. The quantitative estimate of drug-likeness (QED) is 0.599. The molecule has 0 spiro atoms. The minimum atomic E-state index is -0.306. The van der Waals surface area contributed by atoms with Crippen LogP contribution in [-0.2, 0) is 0 Å². The van der Waals surface area contributed by atoms with Crippen LogP contribution in [0.15, 0.2) is 82.6 Å². The third-order valence-corrected chi connectivity index (χ3v) is 6.52. The van der Waals surface area contributed by atoms with E-state index >= 15 is 0 Å². The predicted molar refractivity (Wildman–Crippen MR) is 121 cm³/mol. The zero-order chi connectivity index (χ0) is 20.9. The molecule has 154 valence electrons. The minimum Gasteiger partial charge on any atom is -0.410 e. The second kappa shape index (κ2) is 9.37. The smallest absolute Gasteiger partial charge is 0.410 e. The molecule has 1 N–H and O–H groups in total. The highest BCUT2D eigenvalue weighted by Gasteiger charge is 2.31. The largest absolute Gasteiger partial charge is 0.415 e. The fourth-order valence-electron chi connectivity index (χ4n) is 3.73. The van der Waals surface area contributed by atoms with Crippen LogP contribution >= 0.6 is 11.8 Å². The number of ether oxygens (including phenoxy) is 1. The van der Waals surface area contributed by atoms with Crippen molar-refractivity contribution in [3.63, 3.8) is 0 Å². The summed E-state index contributed by atoms with van der Waals surface area (Å²) in [6.07, 6.45) is -0.306. The minimum absolute atomic E-state index is 0.0792. The highest BCUT2D eigenvalue weighted by molar-refractivity contribution is 7.99. The molecule has 0 radical (unpaired) electrons. The third-order valence-electron chi connectivity index (χ3n) is 5.25. The Labute approximate surface area is 182 Å². The van der Waals surface area contributed by atoms with Crippen molar-refractivity contribution in [2.24, 2.45) is 0 Å². The molecule has 4 nitrogen and oxygen atoms in total. The Hall–Kier alpha value is -2.76. The van der Waals surface area contributed by atoms with Crippen LogP contribution < -0.4 is 10.1 Å². The molecule has 3 aromatic rings. The molecule has 1 aliphatic rings. The van der Waals surface area contributed by atoms with Gasteiger partial charge in [0.1, 0.15) is 5.75 Å². The van der Waals surface area contributed by atoms with Gasteiger partial charge in [-0.1, -0.05) is 65.9 Å². The number of para-hydroxylation sites is 1. The van der Waals surface area contributed by atoms with E-state index in [1.54, 1.807) is 23.9 Å². The summed E-state index contributed by atoms with van der Waals surface area (Å²) in [5.74, 6) is 0.567. The lowest BCUT2D eigenvalue weighted by atomic mass is 10.0. The lowest BCUT2D eigenvalue weighted by Crippen LogP contribution is -2.49. The number of hydrogen-bond acceptors (Lipinski definition) is 4. The topological polar surface area (TPSA) is 41.6 Å². The maximum Gasteiger partial charge on any atom is 0.415 e. The highest BCUT2D eigenvalue weighted by atomic mass is 32.2. The summed E-state index contributed by atoms with van der Waals surface area (Å²) < 4.78 is 5.65. The van der Waals surface area contributed by atoms with Gasteiger partial charge in [-0.3, -0.25) is 4.90 Å². The van der Waals surface area contributed by atoms with Crippen molar-refractivity contribution in [3.8, 4) is 5.75 Å². The molecule has 1 amide bonds. The van der Waals surface area contributed by atoms with Gasteiger partial charge < -0.3 is 10.1 Å². The van der Waals surface area contributed by atoms with Gasteiger partial charge in [0, 0.05) is 29.4 Å². The summed E-state index contributed by atoms with van der Waals surface area (Å²) in [5, 5.41) is 3.43. The van der Waals surface area contributed by atoms with E-state index in [1.165, 1.54) is 16.0 Å². The lowest BCUT2D eigenvalue weighted by molar-refractivity contribution is 0.118. The van der Waals surface area contributed by atoms with E-state index in [9.17, 15) is 4.79 Å². The SMILES string of the molecule is Cc1ccc(Sc2ccccc2C2CNCCN2C(=O)Oc2ccccc2)c(C)c1. The molecule has 1 unspecified atom stereocenters. The number of benzene rings is 3. The average Bonchev–Trinajstić information content (AvgIpc) is 2.77. The van der Waals surface area contributed by atoms with Gasteiger partial charge >= 0.3 is 6.09 Å². The molecule has 1 aliphatic heterocycles. The number of nitrogens with zero attached hydrogens (tertiary/aromatic N) is 1. The number of aryl methyl sites for hydroxylation is 2. The molecule has 4 rings (SSSR count). The van der Waals surface area contributed by atoms with Gasteiger partial charge in [-0.25, -0.2) is 4.79 Å². The number of nitrogens with one attached hydrogen (secondary N) is 1. The van der Waals surface area contributed by atoms with Gasteiger partial charge in [0.05, 0.1) is 6.04 Å². The zero-order valence-electron chi connectivity index (χ0n) is 17.3. The first-order valence-electron chi connectivity index (χ1n) is 10.2. The Morgan fingerprint density at radius 2 is 1.77 bits per heavy atom.